The largest absolute Gasteiger partial charge is 0.496 e. The molecule has 1 aromatic carbocycles. The molecule has 1 atom stereocenters. The highest BCUT2D eigenvalue weighted by Crippen LogP contribution is 2.38. The SMILES string of the molecule is COc1cc(F)ccc1[C@H](N)CC1CC1. The number of ether oxygens (including phenoxy) is 1. The highest BCUT2D eigenvalue weighted by Gasteiger charge is 2.25. The van der Waals surface area contributed by atoms with E-state index in [1.54, 1.807) is 13.2 Å². The van der Waals surface area contributed by atoms with Gasteiger partial charge in [-0.05, 0) is 18.4 Å². The Hall–Kier alpha value is -1.09. The maximum absolute atomic E-state index is 13.0. The van der Waals surface area contributed by atoms with Gasteiger partial charge in [0, 0.05) is 17.7 Å². The zero-order chi connectivity index (χ0) is 10.8. The third-order valence-electron chi connectivity index (χ3n) is 2.88. The van der Waals surface area contributed by atoms with Crippen molar-refractivity contribution in [1.82, 2.24) is 0 Å². The van der Waals surface area contributed by atoms with Crippen LogP contribution in [-0.2, 0) is 0 Å². The third-order valence-corrected chi connectivity index (χ3v) is 2.88. The zero-order valence-electron chi connectivity index (χ0n) is 8.87. The predicted octanol–water partition coefficient (Wildman–Crippen LogP) is 2.63. The lowest BCUT2D eigenvalue weighted by molar-refractivity contribution is 0.399. The maximum atomic E-state index is 13.0. The molecular formula is C12H16FNO. The fourth-order valence-electron chi connectivity index (χ4n) is 1.83. The Balaban J connectivity index is 2.17. The summed E-state index contributed by atoms with van der Waals surface area (Å²) in [5, 5.41) is 0. The molecule has 1 aromatic rings. The first kappa shape index (κ1) is 10.4. The molecule has 1 aliphatic rings. The molecule has 0 spiro atoms. The van der Waals surface area contributed by atoms with E-state index in [1.807, 2.05) is 0 Å². The molecule has 1 fully saturated rings. The Morgan fingerprint density at radius 3 is 2.87 bits per heavy atom. The van der Waals surface area contributed by atoms with Crippen LogP contribution < -0.4 is 10.5 Å². The van der Waals surface area contributed by atoms with Gasteiger partial charge < -0.3 is 10.5 Å². The van der Waals surface area contributed by atoms with Gasteiger partial charge in [-0.1, -0.05) is 18.9 Å². The van der Waals surface area contributed by atoms with E-state index in [9.17, 15) is 4.39 Å². The standard InChI is InChI=1S/C12H16FNO/c1-15-12-7-9(13)4-5-10(12)11(14)6-8-2-3-8/h4-5,7-8,11H,2-3,6,14H2,1H3/t11-/m1/s1. The molecule has 0 saturated heterocycles. The van der Waals surface area contributed by atoms with Crippen LogP contribution in [0.5, 0.6) is 5.75 Å². The molecule has 0 bridgehead atoms. The van der Waals surface area contributed by atoms with E-state index >= 15 is 0 Å². The fraction of sp³-hybridized carbons (Fsp3) is 0.500. The van der Waals surface area contributed by atoms with Crippen LogP contribution in [0.2, 0.25) is 0 Å². The van der Waals surface area contributed by atoms with Gasteiger partial charge in [-0.2, -0.15) is 0 Å². The van der Waals surface area contributed by atoms with Gasteiger partial charge in [0.2, 0.25) is 0 Å². The van der Waals surface area contributed by atoms with Crippen LogP contribution >= 0.6 is 0 Å². The number of rotatable bonds is 4. The third kappa shape index (κ3) is 2.48. The van der Waals surface area contributed by atoms with Crippen molar-refractivity contribution in [1.29, 1.82) is 0 Å². The van der Waals surface area contributed by atoms with E-state index < -0.39 is 0 Å². The Kier molecular flexibility index (Phi) is 2.91. The first-order valence-electron chi connectivity index (χ1n) is 5.29. The molecule has 0 radical (unpaired) electrons. The van der Waals surface area contributed by atoms with Crippen molar-refractivity contribution in [2.45, 2.75) is 25.3 Å². The van der Waals surface area contributed by atoms with Gasteiger partial charge in [0.25, 0.3) is 0 Å². The Morgan fingerprint density at radius 1 is 1.53 bits per heavy atom. The minimum absolute atomic E-state index is 0.0342. The van der Waals surface area contributed by atoms with Gasteiger partial charge in [0.05, 0.1) is 7.11 Å². The molecule has 2 nitrogen and oxygen atoms in total. The predicted molar refractivity (Wildman–Crippen MR) is 57.2 cm³/mol. The molecule has 2 N–H and O–H groups in total. The summed E-state index contributed by atoms with van der Waals surface area (Å²) >= 11 is 0. The van der Waals surface area contributed by atoms with Gasteiger partial charge in [-0.15, -0.1) is 0 Å². The van der Waals surface area contributed by atoms with Crippen LogP contribution in [-0.4, -0.2) is 7.11 Å². The second-order valence-corrected chi connectivity index (χ2v) is 4.17. The average Bonchev–Trinajstić information content (AvgIpc) is 3.01. The van der Waals surface area contributed by atoms with Crippen LogP contribution in [0.1, 0.15) is 30.9 Å². The van der Waals surface area contributed by atoms with Crippen LogP contribution in [0.15, 0.2) is 18.2 Å². The van der Waals surface area contributed by atoms with Gasteiger partial charge >= 0.3 is 0 Å². The summed E-state index contributed by atoms with van der Waals surface area (Å²) < 4.78 is 18.1. The lowest BCUT2D eigenvalue weighted by Gasteiger charge is -2.15. The van der Waals surface area contributed by atoms with E-state index in [0.29, 0.717) is 5.75 Å². The molecule has 0 heterocycles. The fourth-order valence-corrected chi connectivity index (χ4v) is 1.83. The molecule has 3 heteroatoms. The molecule has 0 aromatic heterocycles. The summed E-state index contributed by atoms with van der Waals surface area (Å²) in [6.07, 6.45) is 3.52. The monoisotopic (exact) mass is 209 g/mol. The van der Waals surface area contributed by atoms with Crippen molar-refractivity contribution in [3.63, 3.8) is 0 Å². The second kappa shape index (κ2) is 4.19. The Morgan fingerprint density at radius 2 is 2.27 bits per heavy atom. The molecule has 1 aliphatic carbocycles. The lowest BCUT2D eigenvalue weighted by atomic mass is 10.0. The second-order valence-electron chi connectivity index (χ2n) is 4.17. The Bertz CT molecular complexity index is 349. The number of hydrogen-bond acceptors (Lipinski definition) is 2. The summed E-state index contributed by atoms with van der Waals surface area (Å²) in [6.45, 7) is 0. The quantitative estimate of drug-likeness (QED) is 0.827. The molecule has 1 saturated carbocycles. The molecular weight excluding hydrogens is 193 g/mol. The summed E-state index contributed by atoms with van der Waals surface area (Å²) in [5.74, 6) is 1.03. The van der Waals surface area contributed by atoms with E-state index in [1.165, 1.54) is 25.0 Å². The first-order chi connectivity index (χ1) is 7.20. The zero-order valence-corrected chi connectivity index (χ0v) is 8.87. The number of nitrogens with two attached hydrogens (primary N) is 1. The van der Waals surface area contributed by atoms with Crippen molar-refractivity contribution in [2.24, 2.45) is 11.7 Å². The topological polar surface area (TPSA) is 35.2 Å². The summed E-state index contributed by atoms with van der Waals surface area (Å²) in [7, 11) is 1.54. The molecule has 0 unspecified atom stereocenters. The van der Waals surface area contributed by atoms with Crippen LogP contribution in [0.25, 0.3) is 0 Å². The van der Waals surface area contributed by atoms with E-state index in [2.05, 4.69) is 0 Å². The van der Waals surface area contributed by atoms with Crippen LogP contribution in [0.3, 0.4) is 0 Å². The van der Waals surface area contributed by atoms with Crippen molar-refractivity contribution in [3.05, 3.63) is 29.6 Å². The smallest absolute Gasteiger partial charge is 0.126 e. The molecule has 82 valence electrons. The van der Waals surface area contributed by atoms with Crippen LogP contribution in [0, 0.1) is 11.7 Å². The van der Waals surface area contributed by atoms with Gasteiger partial charge in [-0.3, -0.25) is 0 Å². The highest BCUT2D eigenvalue weighted by molar-refractivity contribution is 5.36. The number of methoxy groups -OCH3 is 1. The number of benzene rings is 1. The average molecular weight is 209 g/mol. The Labute approximate surface area is 89.2 Å². The van der Waals surface area contributed by atoms with Gasteiger partial charge in [-0.25, -0.2) is 4.39 Å². The van der Waals surface area contributed by atoms with Gasteiger partial charge in [0.15, 0.2) is 0 Å². The minimum atomic E-state index is -0.283. The van der Waals surface area contributed by atoms with E-state index in [-0.39, 0.29) is 11.9 Å². The van der Waals surface area contributed by atoms with Gasteiger partial charge in [0.1, 0.15) is 11.6 Å². The molecule has 0 aliphatic heterocycles. The van der Waals surface area contributed by atoms with Crippen molar-refractivity contribution >= 4 is 0 Å². The lowest BCUT2D eigenvalue weighted by Crippen LogP contribution is -2.12. The molecule has 15 heavy (non-hydrogen) atoms. The van der Waals surface area contributed by atoms with Crippen LogP contribution in [0.4, 0.5) is 4.39 Å². The van der Waals surface area contributed by atoms with Crippen molar-refractivity contribution in [3.8, 4) is 5.75 Å². The minimum Gasteiger partial charge on any atom is -0.496 e. The number of hydrogen-bond donors (Lipinski definition) is 1. The summed E-state index contributed by atoms with van der Waals surface area (Å²) in [5.41, 5.74) is 6.97. The van der Waals surface area contributed by atoms with E-state index in [0.717, 1.165) is 17.9 Å². The summed E-state index contributed by atoms with van der Waals surface area (Å²) in [4.78, 5) is 0. The normalized spacial score (nSPS) is 17.5. The first-order valence-corrected chi connectivity index (χ1v) is 5.29. The maximum Gasteiger partial charge on any atom is 0.126 e. The highest BCUT2D eigenvalue weighted by atomic mass is 19.1. The molecule has 2 rings (SSSR count). The number of halogens is 1. The van der Waals surface area contributed by atoms with E-state index in [4.69, 9.17) is 10.5 Å². The molecule has 0 amide bonds. The van der Waals surface area contributed by atoms with Crippen molar-refractivity contribution in [2.75, 3.05) is 7.11 Å². The summed E-state index contributed by atoms with van der Waals surface area (Å²) in [6, 6.07) is 4.52. The van der Waals surface area contributed by atoms with Crippen molar-refractivity contribution < 1.29 is 9.13 Å².